The van der Waals surface area contributed by atoms with Crippen molar-refractivity contribution in [2.45, 2.75) is 38.2 Å². The monoisotopic (exact) mass is 387 g/mol. The van der Waals surface area contributed by atoms with Crippen LogP contribution in [0.3, 0.4) is 0 Å². The molecule has 1 amide bonds. The molecule has 0 radical (unpaired) electrons. The molecule has 2 heterocycles. The van der Waals surface area contributed by atoms with Gasteiger partial charge < -0.3 is 4.74 Å². The molecule has 0 saturated heterocycles. The molecule has 0 saturated carbocycles. The molecule has 7 nitrogen and oxygen atoms in total. The van der Waals surface area contributed by atoms with Crippen LogP contribution < -0.4 is 5.32 Å². The number of carbonyl (C=O) groups is 1. The SMILES string of the molecule is Cc1cc2nc(NC(=O)OC(C)(C)C)ccc2n1S(=O)(=O)c1ccccc1. The highest BCUT2D eigenvalue weighted by Crippen LogP contribution is 2.25. The van der Waals surface area contributed by atoms with Crippen LogP contribution in [0, 0.1) is 6.92 Å². The van der Waals surface area contributed by atoms with Gasteiger partial charge in [0.05, 0.1) is 15.9 Å². The van der Waals surface area contributed by atoms with E-state index in [0.717, 1.165) is 0 Å². The molecular weight excluding hydrogens is 366 g/mol. The summed E-state index contributed by atoms with van der Waals surface area (Å²) in [5.74, 6) is 0.283. The van der Waals surface area contributed by atoms with Gasteiger partial charge in [0, 0.05) is 5.69 Å². The molecule has 0 aliphatic carbocycles. The van der Waals surface area contributed by atoms with Crippen LogP contribution in [-0.2, 0) is 14.8 Å². The van der Waals surface area contributed by atoms with Crippen LogP contribution in [-0.4, -0.2) is 29.1 Å². The Morgan fingerprint density at radius 3 is 2.41 bits per heavy atom. The number of ether oxygens (including phenoxy) is 1. The highest BCUT2D eigenvalue weighted by molar-refractivity contribution is 7.90. The van der Waals surface area contributed by atoms with Gasteiger partial charge in [0.15, 0.2) is 0 Å². The normalized spacial score (nSPS) is 12.1. The lowest BCUT2D eigenvalue weighted by Crippen LogP contribution is -2.27. The van der Waals surface area contributed by atoms with Crippen LogP contribution in [0.2, 0.25) is 0 Å². The first-order chi connectivity index (χ1) is 12.6. The van der Waals surface area contributed by atoms with Gasteiger partial charge in [0.2, 0.25) is 0 Å². The maximum atomic E-state index is 13.0. The molecule has 1 N–H and O–H groups in total. The number of pyridine rings is 1. The average molecular weight is 387 g/mol. The summed E-state index contributed by atoms with van der Waals surface area (Å²) in [6.07, 6.45) is -0.623. The van der Waals surface area contributed by atoms with E-state index in [1.807, 2.05) is 0 Å². The highest BCUT2D eigenvalue weighted by Gasteiger charge is 2.22. The molecule has 3 aromatic rings. The van der Waals surface area contributed by atoms with Crippen LogP contribution in [0.1, 0.15) is 26.5 Å². The fourth-order valence-electron chi connectivity index (χ4n) is 2.69. The van der Waals surface area contributed by atoms with E-state index in [2.05, 4.69) is 10.3 Å². The van der Waals surface area contributed by atoms with Gasteiger partial charge in [-0.1, -0.05) is 18.2 Å². The van der Waals surface area contributed by atoms with Crippen LogP contribution in [0.15, 0.2) is 53.4 Å². The Hall–Kier alpha value is -2.87. The molecule has 2 aromatic heterocycles. The van der Waals surface area contributed by atoms with E-state index in [-0.39, 0.29) is 10.7 Å². The molecule has 0 unspecified atom stereocenters. The van der Waals surface area contributed by atoms with E-state index in [0.29, 0.717) is 16.7 Å². The number of aryl methyl sites for hydroxylation is 1. The second-order valence-electron chi connectivity index (χ2n) is 7.10. The summed E-state index contributed by atoms with van der Waals surface area (Å²) in [7, 11) is -3.75. The fraction of sp³-hybridized carbons (Fsp3) is 0.263. The smallest absolute Gasteiger partial charge is 0.413 e. The Bertz CT molecular complexity index is 1100. The summed E-state index contributed by atoms with van der Waals surface area (Å²) >= 11 is 0. The zero-order chi connectivity index (χ0) is 19.8. The Kier molecular flexibility index (Phi) is 4.69. The maximum absolute atomic E-state index is 13.0. The quantitative estimate of drug-likeness (QED) is 0.735. The molecule has 0 bridgehead atoms. The number of nitrogens with zero attached hydrogens (tertiary/aromatic N) is 2. The summed E-state index contributed by atoms with van der Waals surface area (Å²) in [6.45, 7) is 6.99. The lowest BCUT2D eigenvalue weighted by atomic mass is 10.2. The van der Waals surface area contributed by atoms with Gasteiger partial charge >= 0.3 is 6.09 Å². The van der Waals surface area contributed by atoms with Crippen molar-refractivity contribution < 1.29 is 17.9 Å². The lowest BCUT2D eigenvalue weighted by Gasteiger charge is -2.19. The van der Waals surface area contributed by atoms with Crippen molar-refractivity contribution in [2.24, 2.45) is 0 Å². The third-order valence-electron chi connectivity index (χ3n) is 3.70. The Labute approximate surface area is 158 Å². The van der Waals surface area contributed by atoms with Gasteiger partial charge in [0.25, 0.3) is 10.0 Å². The van der Waals surface area contributed by atoms with Crippen molar-refractivity contribution in [1.82, 2.24) is 8.96 Å². The van der Waals surface area contributed by atoms with Crippen molar-refractivity contribution in [3.05, 3.63) is 54.2 Å². The molecule has 27 heavy (non-hydrogen) atoms. The molecule has 0 aliphatic heterocycles. The molecule has 0 aliphatic rings. The van der Waals surface area contributed by atoms with E-state index in [1.165, 1.54) is 3.97 Å². The average Bonchev–Trinajstić information content (AvgIpc) is 2.89. The summed E-state index contributed by atoms with van der Waals surface area (Å²) in [6, 6.07) is 13.0. The standard InChI is InChI=1S/C19H21N3O4S/c1-13-12-15-16(22(13)27(24,25)14-8-6-5-7-9-14)10-11-17(20-15)21-18(23)26-19(2,3)4/h5-12H,1-4H3,(H,20,21,23). The molecule has 0 atom stereocenters. The minimum absolute atomic E-state index is 0.196. The Morgan fingerprint density at radius 1 is 1.11 bits per heavy atom. The number of aromatic nitrogens is 2. The van der Waals surface area contributed by atoms with Crippen LogP contribution in [0.4, 0.5) is 10.6 Å². The third-order valence-corrected chi connectivity index (χ3v) is 5.53. The first-order valence-corrected chi connectivity index (χ1v) is 9.82. The molecule has 0 spiro atoms. The predicted molar refractivity (Wildman–Crippen MR) is 103 cm³/mol. The van der Waals surface area contributed by atoms with Crippen LogP contribution >= 0.6 is 0 Å². The summed E-state index contributed by atoms with van der Waals surface area (Å²) in [5, 5.41) is 2.56. The second-order valence-corrected chi connectivity index (χ2v) is 8.88. The molecule has 142 valence electrons. The molecular formula is C19H21N3O4S. The molecule has 8 heteroatoms. The number of hydrogen-bond acceptors (Lipinski definition) is 5. The first kappa shape index (κ1) is 18.9. The summed E-state index contributed by atoms with van der Waals surface area (Å²) in [4.78, 5) is 16.4. The maximum Gasteiger partial charge on any atom is 0.413 e. The Balaban J connectivity index is 1.99. The van der Waals surface area contributed by atoms with E-state index in [9.17, 15) is 13.2 Å². The summed E-state index contributed by atoms with van der Waals surface area (Å²) in [5.41, 5.74) is 0.792. The van der Waals surface area contributed by atoms with Gasteiger partial charge in [0.1, 0.15) is 11.4 Å². The number of nitrogens with one attached hydrogen (secondary N) is 1. The first-order valence-electron chi connectivity index (χ1n) is 8.38. The lowest BCUT2D eigenvalue weighted by molar-refractivity contribution is 0.0635. The van der Waals surface area contributed by atoms with E-state index < -0.39 is 21.7 Å². The van der Waals surface area contributed by atoms with E-state index in [1.54, 1.807) is 76.2 Å². The number of anilines is 1. The largest absolute Gasteiger partial charge is 0.444 e. The molecule has 3 rings (SSSR count). The molecule has 0 fully saturated rings. The van der Waals surface area contributed by atoms with Gasteiger partial charge in [-0.25, -0.2) is 22.2 Å². The van der Waals surface area contributed by atoms with E-state index in [4.69, 9.17) is 4.74 Å². The number of benzene rings is 1. The van der Waals surface area contributed by atoms with Crippen LogP contribution in [0.5, 0.6) is 0 Å². The van der Waals surface area contributed by atoms with Gasteiger partial charge in [-0.2, -0.15) is 0 Å². The van der Waals surface area contributed by atoms with Crippen molar-refractivity contribution in [2.75, 3.05) is 5.32 Å². The van der Waals surface area contributed by atoms with Crippen molar-refractivity contribution in [1.29, 1.82) is 0 Å². The highest BCUT2D eigenvalue weighted by atomic mass is 32.2. The number of carbonyl (C=O) groups excluding carboxylic acids is 1. The van der Waals surface area contributed by atoms with Crippen molar-refractivity contribution in [3.63, 3.8) is 0 Å². The van der Waals surface area contributed by atoms with Crippen LogP contribution in [0.25, 0.3) is 11.0 Å². The third kappa shape index (κ3) is 3.95. The van der Waals surface area contributed by atoms with Crippen molar-refractivity contribution >= 4 is 33.0 Å². The predicted octanol–water partition coefficient (Wildman–Crippen LogP) is 3.93. The second kappa shape index (κ2) is 6.70. The Morgan fingerprint density at radius 2 is 1.78 bits per heavy atom. The van der Waals surface area contributed by atoms with Gasteiger partial charge in [-0.3, -0.25) is 5.32 Å². The number of hydrogen-bond donors (Lipinski definition) is 1. The number of amides is 1. The van der Waals surface area contributed by atoms with Gasteiger partial charge in [-0.15, -0.1) is 0 Å². The summed E-state index contributed by atoms with van der Waals surface area (Å²) < 4.78 is 32.4. The number of fused-ring (bicyclic) bond motifs is 1. The zero-order valence-corrected chi connectivity index (χ0v) is 16.4. The minimum Gasteiger partial charge on any atom is -0.444 e. The fourth-order valence-corrected chi connectivity index (χ4v) is 4.24. The van der Waals surface area contributed by atoms with Crippen molar-refractivity contribution in [3.8, 4) is 0 Å². The number of rotatable bonds is 3. The zero-order valence-electron chi connectivity index (χ0n) is 15.6. The van der Waals surface area contributed by atoms with E-state index >= 15 is 0 Å². The van der Waals surface area contributed by atoms with Gasteiger partial charge in [-0.05, 0) is 58.0 Å². The topological polar surface area (TPSA) is 90.3 Å². The molecule has 1 aromatic carbocycles. The minimum atomic E-state index is -3.75.